The molecule has 0 atom stereocenters. The number of carbonyl (C=O) groups excluding carboxylic acids is 1. The van der Waals surface area contributed by atoms with Crippen LogP contribution in [0.2, 0.25) is 0 Å². The van der Waals surface area contributed by atoms with Gasteiger partial charge >= 0.3 is 5.69 Å². The highest BCUT2D eigenvalue weighted by atomic mass is 16.6. The Morgan fingerprint density at radius 1 is 1.04 bits per heavy atom. The predicted molar refractivity (Wildman–Crippen MR) is 90.2 cm³/mol. The fraction of sp³-hybridized carbons (Fsp3) is 0. The molecule has 3 aromatic rings. The number of H-pyrrole nitrogens is 1. The topological polar surface area (TPSA) is 180 Å². The monoisotopic (exact) mass is 370 g/mol. The molecule has 0 aliphatic carbocycles. The Morgan fingerprint density at radius 2 is 1.78 bits per heavy atom. The molecule has 0 unspecified atom stereocenters. The van der Waals surface area contributed by atoms with Gasteiger partial charge in [-0.15, -0.1) is 0 Å². The summed E-state index contributed by atoms with van der Waals surface area (Å²) in [6.07, 6.45) is 0. The summed E-state index contributed by atoms with van der Waals surface area (Å²) in [7, 11) is 0. The molecule has 1 aromatic heterocycles. The van der Waals surface area contributed by atoms with Crippen molar-refractivity contribution in [1.29, 1.82) is 0 Å². The van der Waals surface area contributed by atoms with E-state index in [0.29, 0.717) is 5.56 Å². The fourth-order valence-electron chi connectivity index (χ4n) is 2.31. The van der Waals surface area contributed by atoms with Crippen molar-refractivity contribution in [2.45, 2.75) is 0 Å². The van der Waals surface area contributed by atoms with E-state index in [1.165, 1.54) is 6.07 Å². The van der Waals surface area contributed by atoms with Gasteiger partial charge in [-0.2, -0.15) is 15.4 Å². The number of hydrogen-bond acceptors (Lipinski definition) is 8. The fourth-order valence-corrected chi connectivity index (χ4v) is 2.31. The first-order chi connectivity index (χ1) is 12.9. The number of ether oxygens (including phenoxy) is 1. The lowest BCUT2D eigenvalue weighted by Crippen LogP contribution is -2.12. The molecular weight excluding hydrogens is 360 g/mol. The number of carbonyl (C=O) groups is 1. The van der Waals surface area contributed by atoms with Gasteiger partial charge < -0.3 is 10.5 Å². The molecule has 3 rings (SSSR count). The van der Waals surface area contributed by atoms with Crippen LogP contribution in [0.3, 0.4) is 0 Å². The SMILES string of the molecule is NC(=O)c1n[nH]nc1-c1ccccc1Oc1ccc([N+](=O)[O-])cc1[N+](=O)[O-]. The van der Waals surface area contributed by atoms with Gasteiger partial charge in [0.25, 0.3) is 11.6 Å². The molecule has 12 heteroatoms. The lowest BCUT2D eigenvalue weighted by molar-refractivity contribution is -0.394. The van der Waals surface area contributed by atoms with Crippen molar-refractivity contribution in [1.82, 2.24) is 15.4 Å². The van der Waals surface area contributed by atoms with E-state index in [1.807, 2.05) is 0 Å². The van der Waals surface area contributed by atoms with Crippen molar-refractivity contribution in [2.24, 2.45) is 5.73 Å². The highest BCUT2D eigenvalue weighted by Crippen LogP contribution is 2.38. The molecule has 3 N–H and O–H groups in total. The molecular formula is C15H10N6O6. The second-order valence-electron chi connectivity index (χ2n) is 5.15. The average Bonchev–Trinajstić information content (AvgIpc) is 3.12. The summed E-state index contributed by atoms with van der Waals surface area (Å²) in [6, 6.07) is 9.26. The molecule has 0 radical (unpaired) electrons. The summed E-state index contributed by atoms with van der Waals surface area (Å²) in [5, 5.41) is 31.9. The maximum atomic E-state index is 11.5. The number of rotatable bonds is 6. The number of nitrogens with two attached hydrogens (primary N) is 1. The zero-order valence-electron chi connectivity index (χ0n) is 13.4. The predicted octanol–water partition coefficient (Wildman–Crippen LogP) is 2.18. The number of nitrogens with one attached hydrogen (secondary N) is 1. The standard InChI is InChI=1S/C15H10N6O6/c16-15(22)14-13(17-19-18-14)9-3-1-2-4-11(9)27-12-6-5-8(20(23)24)7-10(12)21(25)26/h1-7H,(H2,16,22)(H,17,18,19). The summed E-state index contributed by atoms with van der Waals surface area (Å²) < 4.78 is 5.60. The Hall–Kier alpha value is -4.35. The van der Waals surface area contributed by atoms with Crippen molar-refractivity contribution < 1.29 is 19.4 Å². The van der Waals surface area contributed by atoms with Crippen molar-refractivity contribution in [3.63, 3.8) is 0 Å². The Bertz CT molecular complexity index is 1060. The van der Waals surface area contributed by atoms with E-state index in [4.69, 9.17) is 10.5 Å². The van der Waals surface area contributed by atoms with Crippen LogP contribution in [0.25, 0.3) is 11.3 Å². The zero-order chi connectivity index (χ0) is 19.6. The van der Waals surface area contributed by atoms with Gasteiger partial charge in [0.05, 0.1) is 15.9 Å². The summed E-state index contributed by atoms with van der Waals surface area (Å²) in [4.78, 5) is 32.0. The van der Waals surface area contributed by atoms with Gasteiger partial charge in [0.1, 0.15) is 11.4 Å². The van der Waals surface area contributed by atoms with Crippen LogP contribution >= 0.6 is 0 Å². The van der Waals surface area contributed by atoms with Gasteiger partial charge in [0.15, 0.2) is 5.69 Å². The second-order valence-corrected chi connectivity index (χ2v) is 5.15. The molecule has 0 aliphatic rings. The van der Waals surface area contributed by atoms with E-state index in [9.17, 15) is 25.0 Å². The molecule has 0 fully saturated rings. The van der Waals surface area contributed by atoms with Crippen LogP contribution in [0.15, 0.2) is 42.5 Å². The molecule has 2 aromatic carbocycles. The molecule has 0 spiro atoms. The molecule has 1 heterocycles. The first-order valence-electron chi connectivity index (χ1n) is 7.29. The van der Waals surface area contributed by atoms with Crippen LogP contribution in [0.4, 0.5) is 11.4 Å². The number of hydrogen-bond donors (Lipinski definition) is 2. The van der Waals surface area contributed by atoms with Gasteiger partial charge in [0.2, 0.25) is 5.75 Å². The molecule has 0 aliphatic heterocycles. The van der Waals surface area contributed by atoms with Crippen molar-refractivity contribution >= 4 is 17.3 Å². The normalized spacial score (nSPS) is 10.4. The molecule has 0 bridgehead atoms. The Labute approximate surface area is 149 Å². The quantitative estimate of drug-likeness (QED) is 0.489. The van der Waals surface area contributed by atoms with Gasteiger partial charge in [-0.25, -0.2) is 0 Å². The van der Waals surface area contributed by atoms with Crippen molar-refractivity contribution in [2.75, 3.05) is 0 Å². The van der Waals surface area contributed by atoms with Crippen LogP contribution in [0.1, 0.15) is 10.5 Å². The van der Waals surface area contributed by atoms with E-state index >= 15 is 0 Å². The number of nitro benzene ring substituents is 2. The number of primary amides is 1. The lowest BCUT2D eigenvalue weighted by Gasteiger charge is -2.10. The third-order valence-corrected chi connectivity index (χ3v) is 3.49. The molecule has 0 saturated heterocycles. The largest absolute Gasteiger partial charge is 0.449 e. The summed E-state index contributed by atoms with van der Waals surface area (Å²) >= 11 is 0. The number of benzene rings is 2. The van der Waals surface area contributed by atoms with Gasteiger partial charge in [-0.1, -0.05) is 12.1 Å². The van der Waals surface area contributed by atoms with Crippen molar-refractivity contribution in [3.8, 4) is 22.8 Å². The smallest absolute Gasteiger partial charge is 0.318 e. The molecule has 136 valence electrons. The van der Waals surface area contributed by atoms with Crippen LogP contribution in [-0.4, -0.2) is 31.2 Å². The number of nitrogens with zero attached hydrogens (tertiary/aromatic N) is 4. The molecule has 1 amide bonds. The number of amides is 1. The minimum absolute atomic E-state index is 0.0997. The first kappa shape index (κ1) is 17.5. The Morgan fingerprint density at radius 3 is 2.44 bits per heavy atom. The average molecular weight is 370 g/mol. The summed E-state index contributed by atoms with van der Waals surface area (Å²) in [6.45, 7) is 0. The van der Waals surface area contributed by atoms with E-state index < -0.39 is 27.1 Å². The van der Waals surface area contributed by atoms with Crippen LogP contribution in [0.5, 0.6) is 11.5 Å². The van der Waals surface area contributed by atoms with E-state index in [2.05, 4.69) is 15.4 Å². The van der Waals surface area contributed by atoms with Gasteiger partial charge in [-0.05, 0) is 18.2 Å². The number of non-ortho nitro benzene ring substituents is 1. The lowest BCUT2D eigenvalue weighted by atomic mass is 10.1. The van der Waals surface area contributed by atoms with Gasteiger partial charge in [0, 0.05) is 11.6 Å². The number of nitro groups is 2. The molecule has 12 nitrogen and oxygen atoms in total. The molecule has 0 saturated carbocycles. The number of aromatic amines is 1. The summed E-state index contributed by atoms with van der Waals surface area (Å²) in [5.74, 6) is -0.928. The van der Waals surface area contributed by atoms with E-state index in [-0.39, 0.29) is 22.9 Å². The maximum Gasteiger partial charge on any atom is 0.318 e. The third kappa shape index (κ3) is 3.39. The number of para-hydroxylation sites is 1. The summed E-state index contributed by atoms with van der Waals surface area (Å²) in [5.41, 5.74) is 4.48. The highest BCUT2D eigenvalue weighted by Gasteiger charge is 2.24. The minimum atomic E-state index is -0.824. The van der Waals surface area contributed by atoms with E-state index in [1.54, 1.807) is 18.2 Å². The maximum absolute atomic E-state index is 11.5. The first-order valence-corrected chi connectivity index (χ1v) is 7.29. The molecule has 27 heavy (non-hydrogen) atoms. The van der Waals surface area contributed by atoms with Crippen LogP contribution < -0.4 is 10.5 Å². The van der Waals surface area contributed by atoms with Crippen LogP contribution in [0, 0.1) is 20.2 Å². The van der Waals surface area contributed by atoms with E-state index in [0.717, 1.165) is 18.2 Å². The van der Waals surface area contributed by atoms with Crippen LogP contribution in [-0.2, 0) is 0 Å². The van der Waals surface area contributed by atoms with Crippen molar-refractivity contribution in [3.05, 3.63) is 68.4 Å². The minimum Gasteiger partial charge on any atom is -0.449 e. The second kappa shape index (κ2) is 6.87. The Kier molecular flexibility index (Phi) is 4.45. The third-order valence-electron chi connectivity index (χ3n) is 3.49. The zero-order valence-corrected chi connectivity index (χ0v) is 13.4. The number of aromatic nitrogens is 3. The Balaban J connectivity index is 2.08. The highest BCUT2D eigenvalue weighted by molar-refractivity contribution is 5.97. The van der Waals surface area contributed by atoms with Gasteiger partial charge in [-0.3, -0.25) is 25.0 Å².